The SMILES string of the molecule is Cc1nnc(SC(C)C(=O)/C=C2\N(C)c3ccccc3C2(C)C)n1-c1ccccc1. The van der Waals surface area contributed by atoms with Gasteiger partial charge < -0.3 is 4.90 Å². The van der Waals surface area contributed by atoms with E-state index >= 15 is 0 Å². The molecular formula is C24H26N4OS. The van der Waals surface area contributed by atoms with Gasteiger partial charge in [0.15, 0.2) is 10.9 Å². The van der Waals surface area contributed by atoms with Crippen molar-refractivity contribution in [2.45, 2.75) is 43.5 Å². The molecule has 0 radical (unpaired) electrons. The normalized spacial score (nSPS) is 17.2. The molecule has 30 heavy (non-hydrogen) atoms. The Morgan fingerprint density at radius 1 is 1.07 bits per heavy atom. The van der Waals surface area contributed by atoms with Gasteiger partial charge in [0.25, 0.3) is 0 Å². The van der Waals surface area contributed by atoms with Crippen LogP contribution in [0, 0.1) is 6.92 Å². The largest absolute Gasteiger partial charge is 0.347 e. The van der Waals surface area contributed by atoms with E-state index in [0.717, 1.165) is 28.1 Å². The number of carbonyl (C=O) groups is 1. The summed E-state index contributed by atoms with van der Waals surface area (Å²) >= 11 is 1.44. The molecule has 3 aromatic rings. The van der Waals surface area contributed by atoms with Crippen LogP contribution >= 0.6 is 11.8 Å². The van der Waals surface area contributed by atoms with Crippen molar-refractivity contribution < 1.29 is 4.79 Å². The molecular weight excluding hydrogens is 392 g/mol. The third-order valence-electron chi connectivity index (χ3n) is 5.71. The number of ketones is 1. The van der Waals surface area contributed by atoms with E-state index in [1.54, 1.807) is 6.08 Å². The van der Waals surface area contributed by atoms with E-state index in [4.69, 9.17) is 0 Å². The number of aryl methyl sites for hydroxylation is 1. The molecule has 1 aliphatic rings. The summed E-state index contributed by atoms with van der Waals surface area (Å²) in [5, 5.41) is 8.98. The van der Waals surface area contributed by atoms with Crippen LogP contribution in [0.2, 0.25) is 0 Å². The summed E-state index contributed by atoms with van der Waals surface area (Å²) in [6.45, 7) is 8.19. The van der Waals surface area contributed by atoms with Gasteiger partial charge in [-0.3, -0.25) is 9.36 Å². The lowest BCUT2D eigenvalue weighted by Gasteiger charge is -2.24. The second kappa shape index (κ2) is 7.76. The highest BCUT2D eigenvalue weighted by Crippen LogP contribution is 2.46. The van der Waals surface area contributed by atoms with Gasteiger partial charge >= 0.3 is 0 Å². The Morgan fingerprint density at radius 3 is 2.43 bits per heavy atom. The Kier molecular flexibility index (Phi) is 5.28. The number of anilines is 1. The molecule has 0 saturated heterocycles. The fourth-order valence-electron chi connectivity index (χ4n) is 4.02. The number of carbonyl (C=O) groups excluding carboxylic acids is 1. The molecule has 0 spiro atoms. The highest BCUT2D eigenvalue weighted by molar-refractivity contribution is 8.00. The number of fused-ring (bicyclic) bond motifs is 1. The van der Waals surface area contributed by atoms with Gasteiger partial charge in [0.1, 0.15) is 5.82 Å². The van der Waals surface area contributed by atoms with E-state index in [9.17, 15) is 4.79 Å². The van der Waals surface area contributed by atoms with Crippen LogP contribution in [0.15, 0.2) is 71.5 Å². The van der Waals surface area contributed by atoms with Crippen molar-refractivity contribution >= 4 is 23.2 Å². The van der Waals surface area contributed by atoms with Crippen LogP contribution in [0.3, 0.4) is 0 Å². The van der Waals surface area contributed by atoms with Crippen molar-refractivity contribution in [2.75, 3.05) is 11.9 Å². The van der Waals surface area contributed by atoms with Gasteiger partial charge in [-0.1, -0.05) is 62.0 Å². The van der Waals surface area contributed by atoms with E-state index in [0.29, 0.717) is 0 Å². The predicted molar refractivity (Wildman–Crippen MR) is 122 cm³/mol. The standard InChI is InChI=1S/C24H26N4OS/c1-16(30-23-26-25-17(2)28(23)18-11-7-6-8-12-18)21(29)15-22-24(3,4)19-13-9-10-14-20(19)27(22)5/h6-16H,1-5H3/b22-15-. The molecule has 1 aliphatic heterocycles. The van der Waals surface area contributed by atoms with E-state index in [2.05, 4.69) is 47.1 Å². The predicted octanol–water partition coefficient (Wildman–Crippen LogP) is 4.94. The molecule has 5 nitrogen and oxygen atoms in total. The van der Waals surface area contributed by atoms with Crippen molar-refractivity contribution in [3.63, 3.8) is 0 Å². The van der Waals surface area contributed by atoms with Crippen molar-refractivity contribution in [3.05, 3.63) is 77.8 Å². The minimum absolute atomic E-state index is 0.0722. The first kappa shape index (κ1) is 20.4. The number of allylic oxidation sites excluding steroid dienone is 2. The molecule has 0 fully saturated rings. The second-order valence-corrected chi connectivity index (χ2v) is 9.40. The van der Waals surface area contributed by atoms with Gasteiger partial charge in [-0.25, -0.2) is 0 Å². The van der Waals surface area contributed by atoms with Crippen molar-refractivity contribution in [2.24, 2.45) is 0 Å². The first-order valence-electron chi connectivity index (χ1n) is 10.0. The van der Waals surface area contributed by atoms with Crippen LogP contribution in [0.25, 0.3) is 5.69 Å². The topological polar surface area (TPSA) is 51.0 Å². The lowest BCUT2D eigenvalue weighted by molar-refractivity contribution is -0.114. The first-order valence-corrected chi connectivity index (χ1v) is 10.9. The fourth-order valence-corrected chi connectivity index (χ4v) is 4.95. The van der Waals surface area contributed by atoms with Crippen molar-refractivity contribution in [1.82, 2.24) is 14.8 Å². The third-order valence-corrected chi connectivity index (χ3v) is 6.77. The maximum Gasteiger partial charge on any atom is 0.196 e. The number of hydrogen-bond donors (Lipinski definition) is 0. The molecule has 2 aromatic carbocycles. The summed E-state index contributed by atoms with van der Waals surface area (Å²) in [6, 6.07) is 18.3. The Hall–Kier alpha value is -2.86. The molecule has 2 heterocycles. The number of thioether (sulfide) groups is 1. The highest BCUT2D eigenvalue weighted by Gasteiger charge is 2.38. The molecule has 1 unspecified atom stereocenters. The zero-order chi connectivity index (χ0) is 21.5. The van der Waals surface area contributed by atoms with Gasteiger partial charge in [-0.15, -0.1) is 10.2 Å². The van der Waals surface area contributed by atoms with Gasteiger partial charge in [0.05, 0.1) is 5.25 Å². The van der Waals surface area contributed by atoms with E-state index < -0.39 is 0 Å². The molecule has 0 saturated carbocycles. The Balaban J connectivity index is 1.59. The summed E-state index contributed by atoms with van der Waals surface area (Å²) in [5.41, 5.74) is 4.19. The molecule has 1 aromatic heterocycles. The number of nitrogens with zero attached hydrogens (tertiary/aromatic N) is 4. The lowest BCUT2D eigenvalue weighted by Crippen LogP contribution is -2.25. The number of hydrogen-bond acceptors (Lipinski definition) is 5. The summed E-state index contributed by atoms with van der Waals surface area (Å²) in [4.78, 5) is 15.3. The van der Waals surface area contributed by atoms with E-state index in [1.165, 1.54) is 17.3 Å². The van der Waals surface area contributed by atoms with Crippen LogP contribution in [0.5, 0.6) is 0 Å². The third kappa shape index (κ3) is 3.45. The quantitative estimate of drug-likeness (QED) is 0.434. The van der Waals surface area contributed by atoms with Crippen LogP contribution in [-0.4, -0.2) is 32.8 Å². The fraction of sp³-hybridized carbons (Fsp3) is 0.292. The molecule has 0 N–H and O–H groups in total. The Labute approximate surface area is 181 Å². The summed E-state index contributed by atoms with van der Waals surface area (Å²) in [7, 11) is 2.03. The minimum atomic E-state index is -0.281. The highest BCUT2D eigenvalue weighted by atomic mass is 32.2. The molecule has 0 bridgehead atoms. The first-order chi connectivity index (χ1) is 14.3. The monoisotopic (exact) mass is 418 g/mol. The smallest absolute Gasteiger partial charge is 0.196 e. The minimum Gasteiger partial charge on any atom is -0.347 e. The number of para-hydroxylation sites is 2. The number of benzene rings is 2. The molecule has 4 rings (SSSR count). The number of aromatic nitrogens is 3. The van der Waals surface area contributed by atoms with Gasteiger partial charge in [-0.2, -0.15) is 0 Å². The van der Waals surface area contributed by atoms with Crippen LogP contribution < -0.4 is 4.90 Å². The lowest BCUT2D eigenvalue weighted by atomic mass is 9.83. The van der Waals surface area contributed by atoms with Crippen molar-refractivity contribution in [3.8, 4) is 5.69 Å². The van der Waals surface area contributed by atoms with E-state index in [1.807, 2.05) is 61.9 Å². The number of rotatable bonds is 5. The van der Waals surface area contributed by atoms with Crippen molar-refractivity contribution in [1.29, 1.82) is 0 Å². The molecule has 1 atom stereocenters. The average Bonchev–Trinajstić information content (AvgIpc) is 3.19. The molecule has 6 heteroatoms. The maximum atomic E-state index is 13.2. The van der Waals surface area contributed by atoms with Gasteiger partial charge in [-0.05, 0) is 37.6 Å². The summed E-state index contributed by atoms with van der Waals surface area (Å²) in [6.07, 6.45) is 1.80. The van der Waals surface area contributed by atoms with Crippen LogP contribution in [0.4, 0.5) is 5.69 Å². The number of likely N-dealkylation sites (N-methyl/N-ethyl adjacent to an activating group) is 1. The second-order valence-electron chi connectivity index (χ2n) is 8.09. The average molecular weight is 419 g/mol. The van der Waals surface area contributed by atoms with Crippen LogP contribution in [0.1, 0.15) is 32.2 Å². The summed E-state index contributed by atoms with van der Waals surface area (Å²) < 4.78 is 1.99. The zero-order valence-electron chi connectivity index (χ0n) is 18.0. The Bertz CT molecular complexity index is 1120. The maximum absolute atomic E-state index is 13.2. The Morgan fingerprint density at radius 2 is 1.73 bits per heavy atom. The van der Waals surface area contributed by atoms with Crippen LogP contribution in [-0.2, 0) is 10.2 Å². The van der Waals surface area contributed by atoms with Gasteiger partial charge in [0.2, 0.25) is 0 Å². The van der Waals surface area contributed by atoms with E-state index in [-0.39, 0.29) is 16.4 Å². The van der Waals surface area contributed by atoms with Gasteiger partial charge in [0, 0.05) is 35.6 Å². The zero-order valence-corrected chi connectivity index (χ0v) is 18.8. The molecule has 0 amide bonds. The molecule has 154 valence electrons. The molecule has 0 aliphatic carbocycles. The summed E-state index contributed by atoms with van der Waals surface area (Å²) in [5.74, 6) is 0.872.